The average Bonchev–Trinajstić information content (AvgIpc) is 2.64. The molecule has 4 nitrogen and oxygen atoms in total. The lowest BCUT2D eigenvalue weighted by Gasteiger charge is -2.36. The van der Waals surface area contributed by atoms with Gasteiger partial charge in [0, 0.05) is 38.4 Å². The van der Waals surface area contributed by atoms with Crippen LogP contribution in [0.4, 0.5) is 14.9 Å². The molecule has 0 aromatic heterocycles. The van der Waals surface area contributed by atoms with Crippen LogP contribution in [-0.4, -0.2) is 43.7 Å². The summed E-state index contributed by atoms with van der Waals surface area (Å²) in [6, 6.07) is 14.7. The molecule has 25 heavy (non-hydrogen) atoms. The van der Waals surface area contributed by atoms with E-state index in [0.717, 1.165) is 25.2 Å². The number of halogens is 1. The molecule has 1 aliphatic rings. The number of nitrogens with one attached hydrogen (secondary N) is 1. The van der Waals surface area contributed by atoms with E-state index in [9.17, 15) is 9.18 Å². The first-order valence-corrected chi connectivity index (χ1v) is 8.71. The molecule has 2 aromatic carbocycles. The van der Waals surface area contributed by atoms with Crippen molar-refractivity contribution in [3.63, 3.8) is 0 Å². The van der Waals surface area contributed by atoms with E-state index >= 15 is 0 Å². The maximum absolute atomic E-state index is 13.0. The largest absolute Gasteiger partial charge is 0.368 e. The molecular formula is C20H24FN3O. The Morgan fingerprint density at radius 1 is 1.04 bits per heavy atom. The summed E-state index contributed by atoms with van der Waals surface area (Å²) < 4.78 is 13.0. The third kappa shape index (κ3) is 4.50. The van der Waals surface area contributed by atoms with Crippen molar-refractivity contribution in [3.8, 4) is 0 Å². The SMILES string of the molecule is Cc1ccccc1CCNC(=O)N1CCN(c2ccc(F)cc2)CC1. The molecule has 0 aliphatic carbocycles. The van der Waals surface area contributed by atoms with Gasteiger partial charge in [0.1, 0.15) is 5.82 Å². The first kappa shape index (κ1) is 17.3. The Balaban J connectivity index is 1.44. The van der Waals surface area contributed by atoms with Crippen LogP contribution in [0.25, 0.3) is 0 Å². The summed E-state index contributed by atoms with van der Waals surface area (Å²) in [7, 11) is 0. The number of aryl methyl sites for hydroxylation is 1. The second-order valence-corrected chi connectivity index (χ2v) is 6.36. The number of urea groups is 1. The van der Waals surface area contributed by atoms with Crippen LogP contribution < -0.4 is 10.2 Å². The molecule has 0 bridgehead atoms. The van der Waals surface area contributed by atoms with Crippen molar-refractivity contribution in [2.75, 3.05) is 37.6 Å². The second kappa shape index (κ2) is 8.01. The summed E-state index contributed by atoms with van der Waals surface area (Å²) in [6.07, 6.45) is 0.841. The molecule has 1 saturated heterocycles. The highest BCUT2D eigenvalue weighted by Gasteiger charge is 2.21. The van der Waals surface area contributed by atoms with Gasteiger partial charge < -0.3 is 15.1 Å². The number of benzene rings is 2. The molecule has 0 saturated carbocycles. The van der Waals surface area contributed by atoms with E-state index < -0.39 is 0 Å². The maximum Gasteiger partial charge on any atom is 0.317 e. The number of amides is 2. The second-order valence-electron chi connectivity index (χ2n) is 6.36. The molecule has 1 N–H and O–H groups in total. The van der Waals surface area contributed by atoms with E-state index in [1.54, 1.807) is 12.1 Å². The van der Waals surface area contributed by atoms with Crippen molar-refractivity contribution in [3.05, 3.63) is 65.5 Å². The van der Waals surface area contributed by atoms with Crippen molar-refractivity contribution in [1.82, 2.24) is 10.2 Å². The van der Waals surface area contributed by atoms with Gasteiger partial charge in [0.2, 0.25) is 0 Å². The molecule has 0 radical (unpaired) electrons. The predicted molar refractivity (Wildman–Crippen MR) is 98.5 cm³/mol. The van der Waals surface area contributed by atoms with Crippen LogP contribution >= 0.6 is 0 Å². The number of carbonyl (C=O) groups is 1. The molecule has 0 atom stereocenters. The van der Waals surface area contributed by atoms with Gasteiger partial charge in [0.05, 0.1) is 0 Å². The highest BCUT2D eigenvalue weighted by atomic mass is 19.1. The van der Waals surface area contributed by atoms with Gasteiger partial charge in [0.25, 0.3) is 0 Å². The van der Waals surface area contributed by atoms with E-state index in [-0.39, 0.29) is 11.8 Å². The van der Waals surface area contributed by atoms with Crippen LogP contribution in [0.15, 0.2) is 48.5 Å². The van der Waals surface area contributed by atoms with Crippen LogP contribution in [-0.2, 0) is 6.42 Å². The van der Waals surface area contributed by atoms with Gasteiger partial charge in [-0.1, -0.05) is 24.3 Å². The lowest BCUT2D eigenvalue weighted by molar-refractivity contribution is 0.194. The number of piperazine rings is 1. The van der Waals surface area contributed by atoms with Gasteiger partial charge in [-0.3, -0.25) is 0 Å². The van der Waals surface area contributed by atoms with Gasteiger partial charge in [-0.15, -0.1) is 0 Å². The first-order valence-electron chi connectivity index (χ1n) is 8.71. The van der Waals surface area contributed by atoms with Crippen LogP contribution in [0.5, 0.6) is 0 Å². The Morgan fingerprint density at radius 3 is 2.40 bits per heavy atom. The first-order chi connectivity index (χ1) is 12.1. The molecule has 0 spiro atoms. The quantitative estimate of drug-likeness (QED) is 0.927. The van der Waals surface area contributed by atoms with Gasteiger partial charge in [0.15, 0.2) is 0 Å². The lowest BCUT2D eigenvalue weighted by atomic mass is 10.1. The maximum atomic E-state index is 13.0. The fourth-order valence-electron chi connectivity index (χ4n) is 3.13. The number of hydrogen-bond donors (Lipinski definition) is 1. The van der Waals surface area contributed by atoms with Crippen molar-refractivity contribution < 1.29 is 9.18 Å². The molecule has 1 fully saturated rings. The number of hydrogen-bond acceptors (Lipinski definition) is 2. The van der Waals surface area contributed by atoms with Gasteiger partial charge in [-0.05, 0) is 48.7 Å². The highest BCUT2D eigenvalue weighted by molar-refractivity contribution is 5.74. The average molecular weight is 341 g/mol. The van der Waals surface area contributed by atoms with Gasteiger partial charge in [-0.2, -0.15) is 0 Å². The molecular weight excluding hydrogens is 317 g/mol. The molecule has 2 amide bonds. The fraction of sp³-hybridized carbons (Fsp3) is 0.350. The zero-order valence-corrected chi connectivity index (χ0v) is 14.5. The van der Waals surface area contributed by atoms with E-state index in [4.69, 9.17) is 0 Å². The van der Waals surface area contributed by atoms with E-state index in [2.05, 4.69) is 29.3 Å². The molecule has 1 heterocycles. The minimum Gasteiger partial charge on any atom is -0.368 e. The predicted octanol–water partition coefficient (Wildman–Crippen LogP) is 3.21. The minimum absolute atomic E-state index is 0.00709. The van der Waals surface area contributed by atoms with Crippen molar-refractivity contribution in [2.45, 2.75) is 13.3 Å². The molecule has 3 rings (SSSR count). The Bertz CT molecular complexity index is 709. The van der Waals surface area contributed by atoms with Gasteiger partial charge >= 0.3 is 6.03 Å². The third-order valence-electron chi connectivity index (χ3n) is 4.69. The molecule has 2 aromatic rings. The molecule has 0 unspecified atom stereocenters. The summed E-state index contributed by atoms with van der Waals surface area (Å²) in [5.41, 5.74) is 3.52. The Kier molecular flexibility index (Phi) is 5.53. The number of carbonyl (C=O) groups excluding carboxylic acids is 1. The van der Waals surface area contributed by atoms with Crippen LogP contribution in [0.1, 0.15) is 11.1 Å². The summed E-state index contributed by atoms with van der Waals surface area (Å²) in [5.74, 6) is -0.226. The standard InChI is InChI=1S/C20H24FN3O/c1-16-4-2-3-5-17(16)10-11-22-20(25)24-14-12-23(13-15-24)19-8-6-18(21)7-9-19/h2-9H,10-15H2,1H3,(H,22,25). The summed E-state index contributed by atoms with van der Waals surface area (Å²) in [4.78, 5) is 16.3. The van der Waals surface area contributed by atoms with Crippen molar-refractivity contribution in [1.29, 1.82) is 0 Å². The minimum atomic E-state index is -0.226. The lowest BCUT2D eigenvalue weighted by Crippen LogP contribution is -2.52. The number of nitrogens with zero attached hydrogens (tertiary/aromatic N) is 2. The molecule has 1 aliphatic heterocycles. The fourth-order valence-corrected chi connectivity index (χ4v) is 3.13. The monoisotopic (exact) mass is 341 g/mol. The van der Waals surface area contributed by atoms with Gasteiger partial charge in [-0.25, -0.2) is 9.18 Å². The van der Waals surface area contributed by atoms with E-state index in [0.29, 0.717) is 19.6 Å². The third-order valence-corrected chi connectivity index (χ3v) is 4.69. The summed E-state index contributed by atoms with van der Waals surface area (Å²) in [6.45, 7) is 5.60. The molecule has 5 heteroatoms. The van der Waals surface area contributed by atoms with Crippen molar-refractivity contribution >= 4 is 11.7 Å². The molecule has 132 valence electrons. The van der Waals surface area contributed by atoms with Crippen LogP contribution in [0, 0.1) is 12.7 Å². The number of rotatable bonds is 4. The van der Waals surface area contributed by atoms with E-state index in [1.807, 2.05) is 17.0 Å². The number of anilines is 1. The zero-order chi connectivity index (χ0) is 17.6. The Morgan fingerprint density at radius 2 is 1.72 bits per heavy atom. The summed E-state index contributed by atoms with van der Waals surface area (Å²) in [5, 5.41) is 3.01. The van der Waals surface area contributed by atoms with E-state index in [1.165, 1.54) is 23.3 Å². The zero-order valence-electron chi connectivity index (χ0n) is 14.5. The van der Waals surface area contributed by atoms with Crippen LogP contribution in [0.2, 0.25) is 0 Å². The summed E-state index contributed by atoms with van der Waals surface area (Å²) >= 11 is 0. The topological polar surface area (TPSA) is 35.6 Å². The van der Waals surface area contributed by atoms with Crippen molar-refractivity contribution in [2.24, 2.45) is 0 Å². The van der Waals surface area contributed by atoms with Crippen LogP contribution in [0.3, 0.4) is 0 Å². The Labute approximate surface area is 148 Å². The highest BCUT2D eigenvalue weighted by Crippen LogP contribution is 2.17. The Hall–Kier alpha value is -2.56. The normalized spacial score (nSPS) is 14.5. The smallest absolute Gasteiger partial charge is 0.317 e.